The number of hydrogen-bond acceptors (Lipinski definition) is 7. The van der Waals surface area contributed by atoms with Crippen LogP contribution < -0.4 is 16.8 Å². The number of hydrogen-bond donors (Lipinski definition) is 3. The Morgan fingerprint density at radius 3 is 2.15 bits per heavy atom. The molecule has 1 aliphatic carbocycles. The fourth-order valence-electron chi connectivity index (χ4n) is 3.96. The molecule has 33 heavy (non-hydrogen) atoms. The third kappa shape index (κ3) is 4.00. The lowest BCUT2D eigenvalue weighted by Crippen LogP contribution is -2.45. The van der Waals surface area contributed by atoms with Gasteiger partial charge in [0.2, 0.25) is 17.5 Å². The summed E-state index contributed by atoms with van der Waals surface area (Å²) in [7, 11) is -4.09. The van der Waals surface area contributed by atoms with Crippen molar-refractivity contribution in [1.29, 1.82) is 0 Å². The van der Waals surface area contributed by atoms with Crippen LogP contribution in [0.5, 0.6) is 0 Å². The monoisotopic (exact) mass is 466 g/mol. The average Bonchev–Trinajstić information content (AvgIpc) is 3.16. The number of amides is 1. The largest absolute Gasteiger partial charge is 0.399 e. The number of nitrogen functional groups attached to an aromatic ring is 2. The molecule has 0 saturated heterocycles. The molecule has 170 valence electrons. The molecule has 2 aromatic carbocycles. The van der Waals surface area contributed by atoms with Crippen LogP contribution in [0.2, 0.25) is 0 Å². The first kappa shape index (κ1) is 22.3. The van der Waals surface area contributed by atoms with Crippen molar-refractivity contribution in [3.63, 3.8) is 0 Å². The fraction of sp³-hybridized carbons (Fsp3) is 0.174. The number of nitrogens with two attached hydrogens (primary N) is 2. The lowest BCUT2D eigenvalue weighted by Gasteiger charge is -2.30. The van der Waals surface area contributed by atoms with Gasteiger partial charge in [-0.1, -0.05) is 18.2 Å². The molecule has 1 aliphatic heterocycles. The quantitative estimate of drug-likeness (QED) is 0.440. The topological polar surface area (TPSA) is 153 Å². The number of benzene rings is 2. The van der Waals surface area contributed by atoms with Gasteiger partial charge in [0.05, 0.1) is 16.9 Å². The summed E-state index contributed by atoms with van der Waals surface area (Å²) < 4.78 is 28.1. The zero-order valence-electron chi connectivity index (χ0n) is 17.7. The van der Waals surface area contributed by atoms with Crippen LogP contribution in [0.15, 0.2) is 71.3 Å². The number of nitrogens with zero attached hydrogens (tertiary/aromatic N) is 1. The van der Waals surface area contributed by atoms with Crippen molar-refractivity contribution in [2.45, 2.75) is 17.9 Å². The molecule has 0 radical (unpaired) electrons. The lowest BCUT2D eigenvalue weighted by molar-refractivity contribution is -0.136. The Morgan fingerprint density at radius 1 is 1.00 bits per heavy atom. The van der Waals surface area contributed by atoms with Crippen molar-refractivity contribution in [2.75, 3.05) is 18.0 Å². The van der Waals surface area contributed by atoms with Crippen LogP contribution in [0, 0.1) is 5.92 Å². The van der Waals surface area contributed by atoms with E-state index in [-0.39, 0.29) is 22.9 Å². The summed E-state index contributed by atoms with van der Waals surface area (Å²) in [4.78, 5) is 37.3. The van der Waals surface area contributed by atoms with Gasteiger partial charge in [0.1, 0.15) is 0 Å². The first-order chi connectivity index (χ1) is 15.6. The number of carbonyl (C=O) groups excluding carboxylic acids is 3. The van der Waals surface area contributed by atoms with Crippen LogP contribution in [0.25, 0.3) is 5.57 Å². The molecule has 5 N–H and O–H groups in total. The normalized spacial score (nSPS) is 20.2. The number of carbonyl (C=O) groups is 3. The first-order valence-corrected chi connectivity index (χ1v) is 11.5. The Morgan fingerprint density at radius 2 is 1.58 bits per heavy atom. The molecule has 10 heteroatoms. The van der Waals surface area contributed by atoms with E-state index in [1.807, 2.05) is 0 Å². The standard InChI is InChI=1S/C23H22N4O5S/c1-13(28)26-11-15-10-20-21(23(30)22(15)29)19(14-2-4-16(24)5-3-14)12-27(20)33(31,32)18-8-6-17(25)7-9-18/h2-10,12,20-21H,11,24-25H2,1H3,(H,26,28). The van der Waals surface area contributed by atoms with E-state index < -0.39 is 33.5 Å². The maximum absolute atomic E-state index is 13.5. The van der Waals surface area contributed by atoms with Gasteiger partial charge in [-0.25, -0.2) is 8.42 Å². The highest BCUT2D eigenvalue weighted by molar-refractivity contribution is 7.89. The zero-order valence-corrected chi connectivity index (χ0v) is 18.5. The Labute approximate surface area is 190 Å². The number of rotatable bonds is 5. The van der Waals surface area contributed by atoms with Crippen molar-refractivity contribution < 1.29 is 22.8 Å². The van der Waals surface area contributed by atoms with Gasteiger partial charge < -0.3 is 16.8 Å². The van der Waals surface area contributed by atoms with Gasteiger partial charge in [-0.15, -0.1) is 0 Å². The predicted octanol–water partition coefficient (Wildman–Crippen LogP) is 1.10. The van der Waals surface area contributed by atoms with E-state index in [0.717, 1.165) is 4.31 Å². The SMILES string of the molecule is CC(=O)NCC1=CC2C(C(=O)C1=O)C(c1ccc(N)cc1)=CN2S(=O)(=O)c1ccc(N)cc1. The number of nitrogens with one attached hydrogen (secondary N) is 1. The number of sulfonamides is 1. The molecule has 2 unspecified atom stereocenters. The van der Waals surface area contributed by atoms with E-state index in [1.54, 1.807) is 24.3 Å². The van der Waals surface area contributed by atoms with Gasteiger partial charge in [-0.05, 0) is 47.5 Å². The summed E-state index contributed by atoms with van der Waals surface area (Å²) in [6.45, 7) is 1.11. The minimum absolute atomic E-state index is 0.00795. The van der Waals surface area contributed by atoms with Crippen molar-refractivity contribution in [3.8, 4) is 0 Å². The van der Waals surface area contributed by atoms with E-state index >= 15 is 0 Å². The van der Waals surface area contributed by atoms with Gasteiger partial charge in [-0.2, -0.15) is 0 Å². The Hall–Kier alpha value is -3.92. The van der Waals surface area contributed by atoms with Gasteiger partial charge >= 0.3 is 0 Å². The number of fused-ring (bicyclic) bond motifs is 1. The highest BCUT2D eigenvalue weighted by Gasteiger charge is 2.49. The summed E-state index contributed by atoms with van der Waals surface area (Å²) >= 11 is 0. The van der Waals surface area contributed by atoms with E-state index in [1.165, 1.54) is 43.5 Å². The highest BCUT2D eigenvalue weighted by Crippen LogP contribution is 2.42. The molecule has 0 saturated carbocycles. The molecular weight excluding hydrogens is 444 g/mol. The van der Waals surface area contributed by atoms with E-state index in [9.17, 15) is 22.8 Å². The van der Waals surface area contributed by atoms with Gasteiger partial charge in [0.25, 0.3) is 10.0 Å². The second-order valence-corrected chi connectivity index (χ2v) is 9.72. The molecule has 9 nitrogen and oxygen atoms in total. The van der Waals surface area contributed by atoms with E-state index in [0.29, 0.717) is 22.5 Å². The molecule has 1 heterocycles. The summed E-state index contributed by atoms with van der Waals surface area (Å²) in [5.41, 5.74) is 13.4. The third-order valence-electron chi connectivity index (χ3n) is 5.63. The molecule has 2 aromatic rings. The predicted molar refractivity (Wildman–Crippen MR) is 123 cm³/mol. The second-order valence-electron chi connectivity index (χ2n) is 7.87. The van der Waals surface area contributed by atoms with Crippen LogP contribution >= 0.6 is 0 Å². The van der Waals surface area contributed by atoms with E-state index in [4.69, 9.17) is 11.5 Å². The summed E-state index contributed by atoms with van der Waals surface area (Å²) in [6, 6.07) is 11.4. The van der Waals surface area contributed by atoms with Crippen LogP contribution in [-0.2, 0) is 24.4 Å². The van der Waals surface area contributed by atoms with Gasteiger partial charge in [-0.3, -0.25) is 18.7 Å². The molecule has 0 fully saturated rings. The van der Waals surface area contributed by atoms with Crippen LogP contribution in [0.3, 0.4) is 0 Å². The average molecular weight is 467 g/mol. The maximum Gasteiger partial charge on any atom is 0.264 e. The number of Topliss-reactive ketones (excluding diaryl/α,β-unsaturated/α-hetero) is 2. The Balaban J connectivity index is 1.85. The van der Waals surface area contributed by atoms with Crippen molar-refractivity contribution >= 4 is 44.4 Å². The first-order valence-electron chi connectivity index (χ1n) is 10.1. The maximum atomic E-state index is 13.5. The molecule has 0 spiro atoms. The van der Waals surface area contributed by atoms with Crippen LogP contribution in [0.4, 0.5) is 11.4 Å². The number of ketones is 2. The Bertz CT molecular complexity index is 1310. The van der Waals surface area contributed by atoms with Gasteiger partial charge in [0, 0.05) is 36.6 Å². The van der Waals surface area contributed by atoms with Crippen molar-refractivity contribution in [3.05, 3.63) is 71.9 Å². The Kier molecular flexibility index (Phi) is 5.54. The second kappa shape index (κ2) is 8.21. The fourth-order valence-corrected chi connectivity index (χ4v) is 5.44. The zero-order chi connectivity index (χ0) is 23.9. The molecule has 2 atom stereocenters. The molecule has 1 amide bonds. The van der Waals surface area contributed by atoms with Gasteiger partial charge in [0.15, 0.2) is 0 Å². The molecule has 4 rings (SSSR count). The highest BCUT2D eigenvalue weighted by atomic mass is 32.2. The lowest BCUT2D eigenvalue weighted by atomic mass is 9.79. The minimum Gasteiger partial charge on any atom is -0.399 e. The summed E-state index contributed by atoms with van der Waals surface area (Å²) in [5.74, 6) is -2.89. The minimum atomic E-state index is -4.09. The van der Waals surface area contributed by atoms with E-state index in [2.05, 4.69) is 5.32 Å². The summed E-state index contributed by atoms with van der Waals surface area (Å²) in [6.07, 6.45) is 2.83. The smallest absolute Gasteiger partial charge is 0.264 e. The van der Waals surface area contributed by atoms with Crippen molar-refractivity contribution in [1.82, 2.24) is 9.62 Å². The molecular formula is C23H22N4O5S. The van der Waals surface area contributed by atoms with Crippen LogP contribution in [-0.4, -0.2) is 42.8 Å². The number of anilines is 2. The third-order valence-corrected chi connectivity index (χ3v) is 7.41. The molecule has 2 aliphatic rings. The molecule has 0 aromatic heterocycles. The van der Waals surface area contributed by atoms with Crippen LogP contribution in [0.1, 0.15) is 12.5 Å². The summed E-state index contributed by atoms with van der Waals surface area (Å²) in [5, 5.41) is 2.49. The van der Waals surface area contributed by atoms with Crippen molar-refractivity contribution in [2.24, 2.45) is 5.92 Å². The molecule has 0 bridgehead atoms.